The van der Waals surface area contributed by atoms with E-state index in [1.54, 1.807) is 7.11 Å². The zero-order valence-corrected chi connectivity index (χ0v) is 8.96. The number of nitrogens with zero attached hydrogens (tertiary/aromatic N) is 1. The first kappa shape index (κ1) is 12.2. The highest BCUT2D eigenvalue weighted by atomic mass is 16.6. The molecule has 0 N–H and O–H groups in total. The maximum absolute atomic E-state index is 9.95. The van der Waals surface area contributed by atoms with Crippen molar-refractivity contribution in [2.45, 2.75) is 6.61 Å². The predicted molar refractivity (Wildman–Crippen MR) is 58.8 cm³/mol. The van der Waals surface area contributed by atoms with Gasteiger partial charge < -0.3 is 9.47 Å². The van der Waals surface area contributed by atoms with Crippen molar-refractivity contribution < 1.29 is 14.4 Å². The van der Waals surface area contributed by atoms with Crippen molar-refractivity contribution in [3.8, 4) is 5.75 Å². The molecular formula is C11H13NO4. The van der Waals surface area contributed by atoms with Crippen LogP contribution in [0.2, 0.25) is 0 Å². The van der Waals surface area contributed by atoms with Gasteiger partial charge in [-0.1, -0.05) is 12.1 Å². The number of methoxy groups -OCH3 is 1. The van der Waals surface area contributed by atoms with Gasteiger partial charge in [0.25, 0.3) is 0 Å². The first-order chi connectivity index (χ1) is 7.72. The summed E-state index contributed by atoms with van der Waals surface area (Å²) in [5.41, 5.74) is 0.996. The Labute approximate surface area is 93.4 Å². The van der Waals surface area contributed by atoms with Gasteiger partial charge in [-0.05, 0) is 17.7 Å². The molecule has 0 spiro atoms. The van der Waals surface area contributed by atoms with Gasteiger partial charge in [-0.25, -0.2) is 0 Å². The van der Waals surface area contributed by atoms with Crippen LogP contribution in [0.4, 0.5) is 0 Å². The van der Waals surface area contributed by atoms with Crippen molar-refractivity contribution in [1.82, 2.24) is 0 Å². The van der Waals surface area contributed by atoms with E-state index < -0.39 is 4.92 Å². The normalized spacial score (nSPS) is 10.6. The Morgan fingerprint density at radius 1 is 1.38 bits per heavy atom. The van der Waals surface area contributed by atoms with Gasteiger partial charge in [0.05, 0.1) is 25.2 Å². The molecule has 16 heavy (non-hydrogen) atoms. The lowest BCUT2D eigenvalue weighted by atomic mass is 10.2. The van der Waals surface area contributed by atoms with Crippen molar-refractivity contribution in [1.29, 1.82) is 0 Å². The van der Waals surface area contributed by atoms with Crippen LogP contribution in [-0.4, -0.2) is 18.6 Å². The Balaban J connectivity index is 2.29. The van der Waals surface area contributed by atoms with Gasteiger partial charge in [0, 0.05) is 6.08 Å². The molecule has 5 heteroatoms. The van der Waals surface area contributed by atoms with Gasteiger partial charge in [-0.2, -0.15) is 0 Å². The molecule has 1 rings (SSSR count). The Morgan fingerprint density at radius 2 is 2.06 bits per heavy atom. The van der Waals surface area contributed by atoms with Gasteiger partial charge in [0.15, 0.2) is 0 Å². The Kier molecular flexibility index (Phi) is 5.01. The third kappa shape index (κ3) is 4.56. The van der Waals surface area contributed by atoms with E-state index in [1.165, 1.54) is 6.08 Å². The summed E-state index contributed by atoms with van der Waals surface area (Å²) in [6.07, 6.45) is 2.23. The number of ether oxygens (including phenoxy) is 2. The van der Waals surface area contributed by atoms with Crippen LogP contribution in [0.5, 0.6) is 5.75 Å². The molecule has 0 atom stereocenters. The molecule has 0 aromatic heterocycles. The van der Waals surface area contributed by atoms with E-state index >= 15 is 0 Å². The van der Waals surface area contributed by atoms with E-state index in [9.17, 15) is 10.1 Å². The van der Waals surface area contributed by atoms with E-state index in [1.807, 2.05) is 24.3 Å². The molecule has 0 fully saturated rings. The molecule has 5 nitrogen and oxygen atoms in total. The van der Waals surface area contributed by atoms with E-state index in [2.05, 4.69) is 0 Å². The minimum atomic E-state index is -0.517. The number of nitro groups is 1. The van der Waals surface area contributed by atoms with Crippen LogP contribution < -0.4 is 4.74 Å². The predicted octanol–water partition coefficient (Wildman–Crippen LogP) is 2.00. The largest absolute Gasteiger partial charge is 0.497 e. The SMILES string of the molecule is COc1ccc(COCC=C[N+](=O)[O-])cc1. The van der Waals surface area contributed by atoms with Gasteiger partial charge in [-0.3, -0.25) is 10.1 Å². The summed E-state index contributed by atoms with van der Waals surface area (Å²) in [6.45, 7) is 0.652. The van der Waals surface area contributed by atoms with Crippen LogP contribution in [0.15, 0.2) is 36.5 Å². The summed E-state index contributed by atoms with van der Waals surface area (Å²) < 4.78 is 10.2. The molecule has 1 aromatic carbocycles. The first-order valence-corrected chi connectivity index (χ1v) is 4.73. The molecule has 0 aliphatic carbocycles. The topological polar surface area (TPSA) is 61.6 Å². The molecule has 86 valence electrons. The molecule has 0 aliphatic heterocycles. The lowest BCUT2D eigenvalue weighted by Crippen LogP contribution is -1.94. The van der Waals surface area contributed by atoms with E-state index in [4.69, 9.17) is 9.47 Å². The summed E-state index contributed by atoms with van der Waals surface area (Å²) in [4.78, 5) is 9.44. The van der Waals surface area contributed by atoms with Crippen LogP contribution in [-0.2, 0) is 11.3 Å². The Hall–Kier alpha value is -1.88. The van der Waals surface area contributed by atoms with E-state index in [0.29, 0.717) is 6.61 Å². The quantitative estimate of drug-likeness (QED) is 0.420. The van der Waals surface area contributed by atoms with Crippen LogP contribution in [0.25, 0.3) is 0 Å². The highest BCUT2D eigenvalue weighted by Crippen LogP contribution is 2.11. The van der Waals surface area contributed by atoms with Gasteiger partial charge >= 0.3 is 0 Å². The third-order valence-corrected chi connectivity index (χ3v) is 1.87. The first-order valence-electron chi connectivity index (χ1n) is 4.73. The summed E-state index contributed by atoms with van der Waals surface area (Å²) >= 11 is 0. The summed E-state index contributed by atoms with van der Waals surface area (Å²) in [6, 6.07) is 7.45. The van der Waals surface area contributed by atoms with E-state index in [0.717, 1.165) is 17.5 Å². The second-order valence-corrected chi connectivity index (χ2v) is 3.03. The second kappa shape index (κ2) is 6.58. The highest BCUT2D eigenvalue weighted by Gasteiger charge is 1.94. The fourth-order valence-electron chi connectivity index (χ4n) is 1.10. The number of hydrogen-bond donors (Lipinski definition) is 0. The van der Waals surface area contributed by atoms with Crippen molar-refractivity contribution in [2.75, 3.05) is 13.7 Å². The molecule has 0 saturated heterocycles. The molecular weight excluding hydrogens is 210 g/mol. The van der Waals surface area contributed by atoms with Gasteiger partial charge in [0.2, 0.25) is 6.20 Å². The minimum absolute atomic E-state index is 0.229. The second-order valence-electron chi connectivity index (χ2n) is 3.03. The average molecular weight is 223 g/mol. The summed E-state index contributed by atoms with van der Waals surface area (Å²) in [7, 11) is 1.61. The Bertz CT molecular complexity index is 359. The maximum atomic E-state index is 9.95. The van der Waals surface area contributed by atoms with Crippen LogP contribution >= 0.6 is 0 Å². The van der Waals surface area contributed by atoms with Crippen LogP contribution in [0, 0.1) is 10.1 Å². The van der Waals surface area contributed by atoms with Gasteiger partial charge in [-0.15, -0.1) is 0 Å². The molecule has 0 unspecified atom stereocenters. The molecule has 1 aromatic rings. The molecule has 0 aliphatic rings. The highest BCUT2D eigenvalue weighted by molar-refractivity contribution is 5.26. The zero-order chi connectivity index (χ0) is 11.8. The smallest absolute Gasteiger partial charge is 0.232 e. The fourth-order valence-corrected chi connectivity index (χ4v) is 1.10. The van der Waals surface area contributed by atoms with Gasteiger partial charge in [0.1, 0.15) is 5.75 Å². The Morgan fingerprint density at radius 3 is 2.62 bits per heavy atom. The number of hydrogen-bond acceptors (Lipinski definition) is 4. The number of rotatable bonds is 6. The van der Waals surface area contributed by atoms with Crippen LogP contribution in [0.3, 0.4) is 0 Å². The molecule has 0 amide bonds. The van der Waals surface area contributed by atoms with Crippen LogP contribution in [0.1, 0.15) is 5.56 Å². The monoisotopic (exact) mass is 223 g/mol. The van der Waals surface area contributed by atoms with E-state index in [-0.39, 0.29) is 6.61 Å². The zero-order valence-electron chi connectivity index (χ0n) is 8.96. The lowest BCUT2D eigenvalue weighted by molar-refractivity contribution is -0.402. The summed E-state index contributed by atoms with van der Waals surface area (Å²) in [5.74, 6) is 0.789. The van der Waals surface area contributed by atoms with Crippen molar-refractivity contribution in [3.05, 3.63) is 52.2 Å². The molecule has 0 bridgehead atoms. The maximum Gasteiger partial charge on any atom is 0.232 e. The minimum Gasteiger partial charge on any atom is -0.497 e. The lowest BCUT2D eigenvalue weighted by Gasteiger charge is -2.03. The summed E-state index contributed by atoms with van der Waals surface area (Å²) in [5, 5.41) is 9.95. The number of benzene rings is 1. The van der Waals surface area contributed by atoms with Crippen molar-refractivity contribution >= 4 is 0 Å². The molecule has 0 heterocycles. The standard InChI is InChI=1S/C11H13NO4/c1-15-11-5-3-10(4-6-11)9-16-8-2-7-12(13)14/h2-7H,8-9H2,1H3. The molecule has 0 radical (unpaired) electrons. The third-order valence-electron chi connectivity index (χ3n) is 1.87. The fraction of sp³-hybridized carbons (Fsp3) is 0.273. The van der Waals surface area contributed by atoms with Crippen molar-refractivity contribution in [2.24, 2.45) is 0 Å². The average Bonchev–Trinajstić information content (AvgIpc) is 2.29. The van der Waals surface area contributed by atoms with Crippen molar-refractivity contribution in [3.63, 3.8) is 0 Å². The molecule has 0 saturated carbocycles.